The predicted octanol–water partition coefficient (Wildman–Crippen LogP) is 4.03. The summed E-state index contributed by atoms with van der Waals surface area (Å²) in [5, 5.41) is 11.5. The lowest BCUT2D eigenvalue weighted by Gasteiger charge is -2.17. The Morgan fingerprint density at radius 3 is 2.54 bits per heavy atom. The Hall–Kier alpha value is -2.41. The second-order valence-electron chi connectivity index (χ2n) is 5.03. The fourth-order valence-electron chi connectivity index (χ4n) is 2.06. The maximum atomic E-state index is 13.6. The molecule has 0 aliphatic rings. The number of nitrogens with one attached hydrogen (secondary N) is 1. The molecule has 0 spiro atoms. The molecule has 0 radical (unpaired) electrons. The molecule has 2 N–H and O–H groups in total. The molecular formula is C17H15BrFNO4. The summed E-state index contributed by atoms with van der Waals surface area (Å²) >= 11 is 3.03. The molecule has 2 aromatic rings. The first-order valence-corrected chi connectivity index (χ1v) is 7.89. The normalized spacial score (nSPS) is 11.6. The van der Waals surface area contributed by atoms with E-state index >= 15 is 0 Å². The van der Waals surface area contributed by atoms with E-state index in [0.29, 0.717) is 5.56 Å². The van der Waals surface area contributed by atoms with Crippen LogP contribution in [-0.2, 0) is 16.1 Å². The molecule has 1 amide bonds. The van der Waals surface area contributed by atoms with Gasteiger partial charge in [0, 0.05) is 0 Å². The minimum atomic E-state index is -1.12. The Bertz CT molecular complexity index is 724. The molecular weight excluding hydrogens is 381 g/mol. The number of amides is 1. The van der Waals surface area contributed by atoms with Crippen LogP contribution in [0.2, 0.25) is 0 Å². The number of alkyl carbamates (subject to hydrolysis) is 1. The lowest BCUT2D eigenvalue weighted by molar-refractivity contribution is -0.137. The maximum absolute atomic E-state index is 13.6. The predicted molar refractivity (Wildman–Crippen MR) is 88.9 cm³/mol. The van der Waals surface area contributed by atoms with E-state index in [1.807, 2.05) is 18.2 Å². The average molecular weight is 396 g/mol. The number of rotatable bonds is 6. The molecule has 0 aliphatic heterocycles. The Morgan fingerprint density at radius 2 is 1.92 bits per heavy atom. The van der Waals surface area contributed by atoms with Crippen LogP contribution in [-0.4, -0.2) is 17.2 Å². The molecule has 0 fully saturated rings. The lowest BCUT2D eigenvalue weighted by atomic mass is 10.0. The van der Waals surface area contributed by atoms with Crippen molar-refractivity contribution in [1.82, 2.24) is 5.32 Å². The lowest BCUT2D eigenvalue weighted by Crippen LogP contribution is -2.30. The van der Waals surface area contributed by atoms with Gasteiger partial charge in [0.05, 0.1) is 16.9 Å². The van der Waals surface area contributed by atoms with Crippen molar-refractivity contribution >= 4 is 28.0 Å². The Kier molecular flexibility index (Phi) is 6.31. The van der Waals surface area contributed by atoms with Gasteiger partial charge in [-0.05, 0) is 39.2 Å². The van der Waals surface area contributed by atoms with Crippen molar-refractivity contribution in [2.45, 2.75) is 19.1 Å². The zero-order chi connectivity index (χ0) is 17.5. The SMILES string of the molecule is O=C(O)C[C@@H](NC(=O)OCc1ccccc1)c1ccc(Br)c(F)c1. The molecule has 7 heteroatoms. The average Bonchev–Trinajstić information content (AvgIpc) is 2.55. The number of benzene rings is 2. The summed E-state index contributed by atoms with van der Waals surface area (Å²) in [5.41, 5.74) is 1.15. The van der Waals surface area contributed by atoms with Crippen LogP contribution in [0.1, 0.15) is 23.6 Å². The van der Waals surface area contributed by atoms with Gasteiger partial charge in [0.25, 0.3) is 0 Å². The van der Waals surface area contributed by atoms with Gasteiger partial charge in [-0.1, -0.05) is 36.4 Å². The Labute approximate surface area is 146 Å². The molecule has 0 saturated carbocycles. The standard InChI is InChI=1S/C17H15BrFNO4/c18-13-7-6-12(8-14(13)19)15(9-16(21)22)20-17(23)24-10-11-4-2-1-3-5-11/h1-8,15H,9-10H2,(H,20,23)(H,21,22)/t15-/m1/s1. The van der Waals surface area contributed by atoms with Crippen molar-refractivity contribution in [3.63, 3.8) is 0 Å². The largest absolute Gasteiger partial charge is 0.481 e. The maximum Gasteiger partial charge on any atom is 0.407 e. The highest BCUT2D eigenvalue weighted by Gasteiger charge is 2.20. The van der Waals surface area contributed by atoms with Gasteiger partial charge >= 0.3 is 12.1 Å². The highest BCUT2D eigenvalue weighted by atomic mass is 79.9. The summed E-state index contributed by atoms with van der Waals surface area (Å²) < 4.78 is 19.0. The van der Waals surface area contributed by atoms with Gasteiger partial charge in [0.2, 0.25) is 0 Å². The summed E-state index contributed by atoms with van der Waals surface area (Å²) in [4.78, 5) is 22.9. The topological polar surface area (TPSA) is 75.6 Å². The molecule has 126 valence electrons. The van der Waals surface area contributed by atoms with Gasteiger partial charge in [-0.3, -0.25) is 4.79 Å². The minimum absolute atomic E-state index is 0.0567. The van der Waals surface area contributed by atoms with Crippen LogP contribution in [0.5, 0.6) is 0 Å². The minimum Gasteiger partial charge on any atom is -0.481 e. The molecule has 0 saturated heterocycles. The van der Waals surface area contributed by atoms with Crippen LogP contribution >= 0.6 is 15.9 Å². The van der Waals surface area contributed by atoms with Gasteiger partial charge in [-0.2, -0.15) is 0 Å². The highest BCUT2D eigenvalue weighted by molar-refractivity contribution is 9.10. The van der Waals surface area contributed by atoms with E-state index in [1.165, 1.54) is 18.2 Å². The van der Waals surface area contributed by atoms with E-state index in [-0.39, 0.29) is 17.5 Å². The van der Waals surface area contributed by atoms with Gasteiger partial charge in [0.15, 0.2) is 0 Å². The number of carbonyl (C=O) groups is 2. The second-order valence-corrected chi connectivity index (χ2v) is 5.88. The third kappa shape index (κ3) is 5.34. The van der Waals surface area contributed by atoms with E-state index < -0.39 is 23.9 Å². The van der Waals surface area contributed by atoms with Gasteiger partial charge < -0.3 is 15.2 Å². The smallest absolute Gasteiger partial charge is 0.407 e. The summed E-state index contributed by atoms with van der Waals surface area (Å²) in [6.45, 7) is 0.0567. The van der Waals surface area contributed by atoms with E-state index in [9.17, 15) is 14.0 Å². The van der Waals surface area contributed by atoms with Crippen LogP contribution in [0.25, 0.3) is 0 Å². The molecule has 5 nitrogen and oxygen atoms in total. The zero-order valence-corrected chi connectivity index (χ0v) is 14.1. The van der Waals surface area contributed by atoms with Crippen LogP contribution in [0.3, 0.4) is 0 Å². The number of ether oxygens (including phenoxy) is 1. The van der Waals surface area contributed by atoms with E-state index in [4.69, 9.17) is 9.84 Å². The number of carboxylic acid groups (broad SMARTS) is 1. The Balaban J connectivity index is 2.03. The fraction of sp³-hybridized carbons (Fsp3) is 0.176. The third-order valence-electron chi connectivity index (χ3n) is 3.23. The molecule has 2 aromatic carbocycles. The molecule has 0 aromatic heterocycles. The summed E-state index contributed by atoms with van der Waals surface area (Å²) in [6, 6.07) is 12.3. The van der Waals surface area contributed by atoms with E-state index in [2.05, 4.69) is 21.2 Å². The van der Waals surface area contributed by atoms with Crippen LogP contribution in [0, 0.1) is 5.82 Å². The van der Waals surface area contributed by atoms with E-state index in [0.717, 1.165) is 5.56 Å². The van der Waals surface area contributed by atoms with Crippen LogP contribution in [0.15, 0.2) is 53.0 Å². The number of hydrogen-bond acceptors (Lipinski definition) is 3. The Morgan fingerprint density at radius 1 is 1.21 bits per heavy atom. The van der Waals surface area contributed by atoms with Crippen molar-refractivity contribution in [3.8, 4) is 0 Å². The number of aliphatic carboxylic acids is 1. The molecule has 0 heterocycles. The van der Waals surface area contributed by atoms with Gasteiger partial charge in [-0.25, -0.2) is 9.18 Å². The zero-order valence-electron chi connectivity index (χ0n) is 12.5. The van der Waals surface area contributed by atoms with Crippen molar-refractivity contribution in [3.05, 3.63) is 69.9 Å². The number of carboxylic acids is 1. The summed E-state index contributed by atoms with van der Waals surface area (Å²) in [6.07, 6.45) is -1.16. The van der Waals surface area contributed by atoms with Crippen molar-refractivity contribution in [1.29, 1.82) is 0 Å². The first-order chi connectivity index (χ1) is 11.5. The number of carbonyl (C=O) groups excluding carboxylic acids is 1. The molecule has 1 atom stereocenters. The van der Waals surface area contributed by atoms with Crippen LogP contribution in [0.4, 0.5) is 9.18 Å². The molecule has 2 rings (SSSR count). The van der Waals surface area contributed by atoms with E-state index in [1.54, 1.807) is 12.1 Å². The highest BCUT2D eigenvalue weighted by Crippen LogP contribution is 2.23. The summed E-state index contributed by atoms with van der Waals surface area (Å²) in [5.74, 6) is -1.66. The van der Waals surface area contributed by atoms with Gasteiger partial charge in [0.1, 0.15) is 12.4 Å². The van der Waals surface area contributed by atoms with Crippen LogP contribution < -0.4 is 5.32 Å². The fourth-order valence-corrected chi connectivity index (χ4v) is 2.31. The number of hydrogen-bond donors (Lipinski definition) is 2. The third-order valence-corrected chi connectivity index (χ3v) is 3.87. The van der Waals surface area contributed by atoms with Gasteiger partial charge in [-0.15, -0.1) is 0 Å². The molecule has 0 bridgehead atoms. The molecule has 24 heavy (non-hydrogen) atoms. The number of halogens is 2. The van der Waals surface area contributed by atoms with Crippen molar-refractivity contribution in [2.24, 2.45) is 0 Å². The first kappa shape index (κ1) is 17.9. The van der Waals surface area contributed by atoms with Crippen molar-refractivity contribution < 1.29 is 23.8 Å². The quantitative estimate of drug-likeness (QED) is 0.773. The first-order valence-electron chi connectivity index (χ1n) is 7.09. The molecule has 0 aliphatic carbocycles. The molecule has 0 unspecified atom stereocenters. The monoisotopic (exact) mass is 395 g/mol. The van der Waals surface area contributed by atoms with Crippen molar-refractivity contribution in [2.75, 3.05) is 0 Å². The second kappa shape index (κ2) is 8.44. The summed E-state index contributed by atoms with van der Waals surface area (Å²) in [7, 11) is 0.